The van der Waals surface area contributed by atoms with Crippen LogP contribution in [0, 0.1) is 5.41 Å². The van der Waals surface area contributed by atoms with Gasteiger partial charge in [-0.3, -0.25) is 4.79 Å². The molecular weight excluding hydrogens is 288 g/mol. The lowest BCUT2D eigenvalue weighted by molar-refractivity contribution is -0.137. The highest BCUT2D eigenvalue weighted by atomic mass is 16.5. The van der Waals surface area contributed by atoms with E-state index in [9.17, 15) is 4.79 Å². The number of likely N-dealkylation sites (tertiary alicyclic amines) is 1. The van der Waals surface area contributed by atoms with Crippen molar-refractivity contribution in [1.82, 2.24) is 4.90 Å². The standard InChI is InChI=1S/C19H34N2O2/c20-15-19(10-4-1-5-11-19)14-18(22)21-12-8-17(9-13-21)23-16-6-2-3-7-16/h16-17H,1-15,20H2. The summed E-state index contributed by atoms with van der Waals surface area (Å²) in [5.41, 5.74) is 6.13. The Bertz CT molecular complexity index is 379. The molecule has 132 valence electrons. The highest BCUT2D eigenvalue weighted by molar-refractivity contribution is 5.77. The fourth-order valence-corrected chi connectivity index (χ4v) is 4.73. The molecule has 0 radical (unpaired) electrons. The Balaban J connectivity index is 1.44. The molecule has 1 heterocycles. The normalized spacial score (nSPS) is 26.6. The minimum absolute atomic E-state index is 0.0898. The van der Waals surface area contributed by atoms with Crippen LogP contribution in [0.5, 0.6) is 0 Å². The second-order valence-corrected chi connectivity index (χ2v) is 8.06. The molecule has 0 unspecified atom stereocenters. The van der Waals surface area contributed by atoms with Crippen LogP contribution >= 0.6 is 0 Å². The molecule has 4 heteroatoms. The molecule has 3 aliphatic rings. The molecule has 2 saturated carbocycles. The predicted octanol–water partition coefficient (Wildman–Crippen LogP) is 3.24. The Hall–Kier alpha value is -0.610. The van der Waals surface area contributed by atoms with Crippen LogP contribution in [0.25, 0.3) is 0 Å². The van der Waals surface area contributed by atoms with Crippen LogP contribution < -0.4 is 5.73 Å². The first-order valence-corrected chi connectivity index (χ1v) is 9.84. The fourth-order valence-electron chi connectivity index (χ4n) is 4.73. The quantitative estimate of drug-likeness (QED) is 0.845. The summed E-state index contributed by atoms with van der Waals surface area (Å²) in [6, 6.07) is 0. The van der Waals surface area contributed by atoms with Gasteiger partial charge in [-0.05, 0) is 50.5 Å². The van der Waals surface area contributed by atoms with E-state index in [-0.39, 0.29) is 5.41 Å². The summed E-state index contributed by atoms with van der Waals surface area (Å²) in [7, 11) is 0. The summed E-state index contributed by atoms with van der Waals surface area (Å²) < 4.78 is 6.21. The van der Waals surface area contributed by atoms with Gasteiger partial charge in [0.25, 0.3) is 0 Å². The average molecular weight is 322 g/mol. The molecule has 4 nitrogen and oxygen atoms in total. The second kappa shape index (κ2) is 7.98. The maximum absolute atomic E-state index is 12.7. The smallest absolute Gasteiger partial charge is 0.223 e. The molecule has 1 amide bonds. The van der Waals surface area contributed by atoms with Crippen molar-refractivity contribution in [2.45, 2.75) is 89.3 Å². The lowest BCUT2D eigenvalue weighted by Crippen LogP contribution is -2.45. The Morgan fingerprint density at radius 3 is 2.17 bits per heavy atom. The fraction of sp³-hybridized carbons (Fsp3) is 0.947. The molecule has 1 aliphatic heterocycles. The second-order valence-electron chi connectivity index (χ2n) is 8.06. The van der Waals surface area contributed by atoms with Crippen LogP contribution in [0.1, 0.15) is 77.0 Å². The highest BCUT2D eigenvalue weighted by Gasteiger charge is 2.35. The number of carbonyl (C=O) groups is 1. The third-order valence-corrected chi connectivity index (χ3v) is 6.36. The average Bonchev–Trinajstić information content (AvgIpc) is 3.09. The molecule has 1 saturated heterocycles. The first-order chi connectivity index (χ1) is 11.2. The van der Waals surface area contributed by atoms with Crippen molar-refractivity contribution in [3.8, 4) is 0 Å². The van der Waals surface area contributed by atoms with Gasteiger partial charge in [0.15, 0.2) is 0 Å². The first-order valence-electron chi connectivity index (χ1n) is 9.84. The number of hydrogen-bond acceptors (Lipinski definition) is 3. The highest BCUT2D eigenvalue weighted by Crippen LogP contribution is 2.39. The van der Waals surface area contributed by atoms with Crippen LogP contribution in [0.4, 0.5) is 0 Å². The molecule has 3 fully saturated rings. The number of nitrogens with two attached hydrogens (primary N) is 1. The molecule has 0 spiro atoms. The summed E-state index contributed by atoms with van der Waals surface area (Å²) in [5, 5.41) is 0. The van der Waals surface area contributed by atoms with Crippen molar-refractivity contribution in [2.75, 3.05) is 19.6 Å². The summed E-state index contributed by atoms with van der Waals surface area (Å²) in [4.78, 5) is 14.8. The molecule has 0 bridgehead atoms. The van der Waals surface area contributed by atoms with Crippen LogP contribution in [-0.2, 0) is 9.53 Å². The summed E-state index contributed by atoms with van der Waals surface area (Å²) >= 11 is 0. The van der Waals surface area contributed by atoms with Crippen molar-refractivity contribution >= 4 is 5.91 Å². The van der Waals surface area contributed by atoms with Gasteiger partial charge in [0, 0.05) is 19.5 Å². The zero-order valence-electron chi connectivity index (χ0n) is 14.6. The number of hydrogen-bond donors (Lipinski definition) is 1. The number of carbonyl (C=O) groups excluding carboxylic acids is 1. The molecule has 2 aliphatic carbocycles. The molecule has 2 N–H and O–H groups in total. The molecule has 0 aromatic rings. The van der Waals surface area contributed by atoms with Gasteiger partial charge in [-0.1, -0.05) is 32.1 Å². The van der Waals surface area contributed by atoms with Crippen LogP contribution in [-0.4, -0.2) is 42.6 Å². The number of amides is 1. The van der Waals surface area contributed by atoms with E-state index in [1.54, 1.807) is 0 Å². The van der Waals surface area contributed by atoms with Gasteiger partial charge in [0.2, 0.25) is 5.91 Å². The first kappa shape index (κ1) is 17.2. The van der Waals surface area contributed by atoms with Crippen molar-refractivity contribution in [1.29, 1.82) is 0 Å². The maximum atomic E-state index is 12.7. The Morgan fingerprint density at radius 1 is 0.957 bits per heavy atom. The zero-order chi connectivity index (χ0) is 16.1. The number of ether oxygens (including phenoxy) is 1. The molecule has 0 atom stereocenters. The van der Waals surface area contributed by atoms with Gasteiger partial charge in [0.1, 0.15) is 0 Å². The van der Waals surface area contributed by atoms with E-state index in [0.717, 1.165) is 38.8 Å². The lowest BCUT2D eigenvalue weighted by atomic mass is 9.71. The van der Waals surface area contributed by atoms with E-state index < -0.39 is 0 Å². The van der Waals surface area contributed by atoms with E-state index in [2.05, 4.69) is 4.90 Å². The number of nitrogens with zero attached hydrogens (tertiary/aromatic N) is 1. The van der Waals surface area contributed by atoms with Gasteiger partial charge in [0.05, 0.1) is 12.2 Å². The van der Waals surface area contributed by atoms with E-state index in [4.69, 9.17) is 10.5 Å². The molecular formula is C19H34N2O2. The molecule has 0 aromatic carbocycles. The van der Waals surface area contributed by atoms with Gasteiger partial charge in [-0.25, -0.2) is 0 Å². The maximum Gasteiger partial charge on any atom is 0.223 e. The lowest BCUT2D eigenvalue weighted by Gasteiger charge is -2.39. The van der Waals surface area contributed by atoms with Gasteiger partial charge in [-0.15, -0.1) is 0 Å². The molecule has 0 aromatic heterocycles. The van der Waals surface area contributed by atoms with E-state index in [0.29, 0.717) is 31.1 Å². The van der Waals surface area contributed by atoms with Crippen LogP contribution in [0.15, 0.2) is 0 Å². The largest absolute Gasteiger partial charge is 0.375 e. The third kappa shape index (κ3) is 4.48. The van der Waals surface area contributed by atoms with Crippen molar-refractivity contribution < 1.29 is 9.53 Å². The van der Waals surface area contributed by atoms with E-state index >= 15 is 0 Å². The topological polar surface area (TPSA) is 55.6 Å². The predicted molar refractivity (Wildman–Crippen MR) is 92.1 cm³/mol. The minimum atomic E-state index is 0.0898. The SMILES string of the molecule is NCC1(CC(=O)N2CCC(OC3CCCC3)CC2)CCCCC1. The minimum Gasteiger partial charge on any atom is -0.375 e. The number of piperidine rings is 1. The summed E-state index contributed by atoms with van der Waals surface area (Å²) in [5.74, 6) is 0.330. The number of rotatable bonds is 5. The van der Waals surface area contributed by atoms with Gasteiger partial charge >= 0.3 is 0 Å². The van der Waals surface area contributed by atoms with Crippen LogP contribution in [0.3, 0.4) is 0 Å². The summed E-state index contributed by atoms with van der Waals surface area (Å²) in [6.07, 6.45) is 14.7. The van der Waals surface area contributed by atoms with E-state index in [1.165, 1.54) is 44.9 Å². The molecule has 3 rings (SSSR count). The van der Waals surface area contributed by atoms with E-state index in [1.807, 2.05) is 0 Å². The Kier molecular flexibility index (Phi) is 5.97. The summed E-state index contributed by atoms with van der Waals surface area (Å²) in [6.45, 7) is 2.41. The zero-order valence-corrected chi connectivity index (χ0v) is 14.6. The Morgan fingerprint density at radius 2 is 1.57 bits per heavy atom. The Labute approximate surface area is 141 Å². The third-order valence-electron chi connectivity index (χ3n) is 6.36. The molecule has 23 heavy (non-hydrogen) atoms. The van der Waals surface area contributed by atoms with Crippen LogP contribution in [0.2, 0.25) is 0 Å². The monoisotopic (exact) mass is 322 g/mol. The van der Waals surface area contributed by atoms with Crippen molar-refractivity contribution in [2.24, 2.45) is 11.1 Å². The van der Waals surface area contributed by atoms with Crippen molar-refractivity contribution in [3.05, 3.63) is 0 Å². The van der Waals surface area contributed by atoms with Gasteiger partial charge in [-0.2, -0.15) is 0 Å². The van der Waals surface area contributed by atoms with Gasteiger partial charge < -0.3 is 15.4 Å². The van der Waals surface area contributed by atoms with Crippen molar-refractivity contribution in [3.63, 3.8) is 0 Å².